The van der Waals surface area contributed by atoms with Crippen molar-refractivity contribution in [1.29, 1.82) is 0 Å². The third-order valence-electron chi connectivity index (χ3n) is 10.9. The summed E-state index contributed by atoms with van der Waals surface area (Å²) in [6, 6.07) is 65.3. The molecule has 0 N–H and O–H groups in total. The maximum Gasteiger partial charge on any atom is 0.0570 e. The highest BCUT2D eigenvalue weighted by Gasteiger charge is 2.24. The number of fused-ring (bicyclic) bond motifs is 7. The van der Waals surface area contributed by atoms with Crippen LogP contribution in [0.25, 0.3) is 93.2 Å². The van der Waals surface area contributed by atoms with Gasteiger partial charge in [0.1, 0.15) is 0 Å². The Bertz CT molecular complexity index is 2940. The standard InChI is InChI=1S/C49H31N/c1-2-12-33(13-3-1)46-30-37-15-10-14-36-28-38-27-34(25-26-45(38)50(46)49(36)37)47-40-17-6-8-19-42(40)48(43-20-9-7-18-41(43)47)35-24-23-32-22-21-31-11-4-5-16-39(31)44(32)29-35/h1-27,29-30H,28H2. The van der Waals surface area contributed by atoms with Crippen LogP contribution in [0.15, 0.2) is 176 Å². The zero-order chi connectivity index (χ0) is 32.8. The van der Waals surface area contributed by atoms with Gasteiger partial charge in [-0.25, -0.2) is 0 Å². The van der Waals surface area contributed by atoms with E-state index >= 15 is 0 Å². The highest BCUT2D eigenvalue weighted by Crippen LogP contribution is 2.46. The molecule has 0 saturated heterocycles. The van der Waals surface area contributed by atoms with Gasteiger partial charge >= 0.3 is 0 Å². The van der Waals surface area contributed by atoms with E-state index in [1.807, 2.05) is 0 Å². The Morgan fingerprint density at radius 1 is 0.340 bits per heavy atom. The molecule has 0 aliphatic carbocycles. The second-order valence-corrected chi connectivity index (χ2v) is 13.7. The molecule has 0 saturated carbocycles. The van der Waals surface area contributed by atoms with E-state index < -0.39 is 0 Å². The zero-order valence-corrected chi connectivity index (χ0v) is 27.4. The predicted octanol–water partition coefficient (Wildman–Crippen LogP) is 13.1. The number of para-hydroxylation sites is 1. The van der Waals surface area contributed by atoms with E-state index in [0.29, 0.717) is 0 Å². The van der Waals surface area contributed by atoms with Gasteiger partial charge in [-0.2, -0.15) is 0 Å². The highest BCUT2D eigenvalue weighted by molar-refractivity contribution is 6.22. The van der Waals surface area contributed by atoms with Crippen molar-refractivity contribution < 1.29 is 0 Å². The summed E-state index contributed by atoms with van der Waals surface area (Å²) in [6.45, 7) is 0. The average molecular weight is 634 g/mol. The molecule has 10 aromatic rings. The van der Waals surface area contributed by atoms with Gasteiger partial charge in [0.15, 0.2) is 0 Å². The van der Waals surface area contributed by atoms with E-state index in [1.165, 1.54) is 104 Å². The summed E-state index contributed by atoms with van der Waals surface area (Å²) in [7, 11) is 0. The Balaban J connectivity index is 1.16. The average Bonchev–Trinajstić information content (AvgIpc) is 3.58. The van der Waals surface area contributed by atoms with Gasteiger partial charge in [0, 0.05) is 17.5 Å². The first-order valence-corrected chi connectivity index (χ1v) is 17.5. The van der Waals surface area contributed by atoms with Crippen molar-refractivity contribution in [2.75, 3.05) is 0 Å². The molecule has 0 radical (unpaired) electrons. The van der Waals surface area contributed by atoms with Gasteiger partial charge in [0.2, 0.25) is 0 Å². The Labute approximate surface area is 290 Å². The molecule has 0 atom stereocenters. The highest BCUT2D eigenvalue weighted by atomic mass is 15.0. The monoisotopic (exact) mass is 633 g/mol. The smallest absolute Gasteiger partial charge is 0.0570 e. The summed E-state index contributed by atoms with van der Waals surface area (Å²) < 4.78 is 2.49. The van der Waals surface area contributed by atoms with Gasteiger partial charge in [-0.1, -0.05) is 152 Å². The summed E-state index contributed by atoms with van der Waals surface area (Å²) in [5.41, 5.74) is 12.9. The van der Waals surface area contributed by atoms with E-state index in [4.69, 9.17) is 0 Å². The minimum atomic E-state index is 0.914. The summed E-state index contributed by atoms with van der Waals surface area (Å²) in [6.07, 6.45) is 0.914. The maximum atomic E-state index is 2.49. The fraction of sp³-hybridized carbons (Fsp3) is 0.0204. The fourth-order valence-corrected chi connectivity index (χ4v) is 8.76. The summed E-state index contributed by atoms with van der Waals surface area (Å²) in [4.78, 5) is 0. The summed E-state index contributed by atoms with van der Waals surface area (Å²) >= 11 is 0. The van der Waals surface area contributed by atoms with Crippen LogP contribution >= 0.6 is 0 Å². The lowest BCUT2D eigenvalue weighted by Crippen LogP contribution is -2.09. The van der Waals surface area contributed by atoms with E-state index in [2.05, 4.69) is 180 Å². The van der Waals surface area contributed by atoms with E-state index in [9.17, 15) is 0 Å². The summed E-state index contributed by atoms with van der Waals surface area (Å²) in [5.74, 6) is 0. The fourth-order valence-electron chi connectivity index (χ4n) is 8.76. The first kappa shape index (κ1) is 27.5. The lowest BCUT2D eigenvalue weighted by atomic mass is 9.84. The molecule has 0 bridgehead atoms. The van der Waals surface area contributed by atoms with Crippen LogP contribution in [0.2, 0.25) is 0 Å². The van der Waals surface area contributed by atoms with Crippen LogP contribution in [0.1, 0.15) is 11.1 Å². The van der Waals surface area contributed by atoms with Crippen LogP contribution in [-0.4, -0.2) is 4.57 Å². The molecule has 1 aromatic heterocycles. The van der Waals surface area contributed by atoms with Crippen LogP contribution in [0.4, 0.5) is 0 Å². The lowest BCUT2D eigenvalue weighted by molar-refractivity contribution is 1.02. The molecule has 1 heteroatoms. The lowest BCUT2D eigenvalue weighted by Gasteiger charge is -2.24. The third kappa shape index (κ3) is 3.95. The quantitative estimate of drug-likeness (QED) is 0.135. The first-order valence-electron chi connectivity index (χ1n) is 17.5. The number of benzene rings is 9. The Morgan fingerprint density at radius 3 is 1.62 bits per heavy atom. The Hall–Kier alpha value is -6.44. The van der Waals surface area contributed by atoms with Crippen molar-refractivity contribution in [3.63, 3.8) is 0 Å². The van der Waals surface area contributed by atoms with Crippen LogP contribution in [0, 0.1) is 0 Å². The molecule has 50 heavy (non-hydrogen) atoms. The second-order valence-electron chi connectivity index (χ2n) is 13.7. The predicted molar refractivity (Wildman–Crippen MR) is 212 cm³/mol. The molecule has 11 rings (SSSR count). The van der Waals surface area contributed by atoms with Crippen molar-refractivity contribution >= 4 is 54.0 Å². The van der Waals surface area contributed by atoms with Gasteiger partial charge in [0.05, 0.1) is 11.2 Å². The largest absolute Gasteiger partial charge is 0.309 e. The van der Waals surface area contributed by atoms with Gasteiger partial charge in [-0.3, -0.25) is 0 Å². The Morgan fingerprint density at radius 2 is 0.900 bits per heavy atom. The molecular weight excluding hydrogens is 603 g/mol. The molecular formula is C49H31N. The Kier molecular flexibility index (Phi) is 5.79. The molecule has 0 unspecified atom stereocenters. The molecule has 0 amide bonds. The molecule has 232 valence electrons. The first-order chi connectivity index (χ1) is 24.8. The second kappa shape index (κ2) is 10.5. The van der Waals surface area contributed by atoms with Gasteiger partial charge < -0.3 is 4.57 Å². The minimum absolute atomic E-state index is 0.914. The van der Waals surface area contributed by atoms with Crippen LogP contribution in [-0.2, 0) is 6.42 Å². The van der Waals surface area contributed by atoms with Gasteiger partial charge in [0.25, 0.3) is 0 Å². The summed E-state index contributed by atoms with van der Waals surface area (Å²) in [5, 5.41) is 11.5. The van der Waals surface area contributed by atoms with Crippen molar-refractivity contribution in [1.82, 2.24) is 4.57 Å². The van der Waals surface area contributed by atoms with Crippen LogP contribution in [0.3, 0.4) is 0 Å². The number of nitrogens with zero attached hydrogens (tertiary/aromatic N) is 1. The number of aromatic nitrogens is 1. The molecule has 0 fully saturated rings. The van der Waals surface area contributed by atoms with Crippen molar-refractivity contribution in [2.45, 2.75) is 6.42 Å². The van der Waals surface area contributed by atoms with Crippen molar-refractivity contribution in [3.05, 3.63) is 187 Å². The van der Waals surface area contributed by atoms with E-state index in [0.717, 1.165) is 6.42 Å². The normalized spacial score (nSPS) is 12.3. The van der Waals surface area contributed by atoms with E-state index in [-0.39, 0.29) is 0 Å². The maximum absolute atomic E-state index is 2.49. The molecule has 1 nitrogen and oxygen atoms in total. The van der Waals surface area contributed by atoms with Crippen molar-refractivity contribution in [3.8, 4) is 39.2 Å². The molecule has 9 aromatic carbocycles. The van der Waals surface area contributed by atoms with E-state index in [1.54, 1.807) is 0 Å². The molecule has 2 heterocycles. The van der Waals surface area contributed by atoms with Crippen LogP contribution < -0.4 is 0 Å². The van der Waals surface area contributed by atoms with Gasteiger partial charge in [-0.15, -0.1) is 0 Å². The van der Waals surface area contributed by atoms with Gasteiger partial charge in [-0.05, 0) is 106 Å². The molecule has 1 aliphatic heterocycles. The number of rotatable bonds is 3. The SMILES string of the molecule is c1ccc(-c2cc3cccc4c3n2-c2ccc(-c3c5ccccc5c(-c5ccc6ccc7ccccc7c6c5)c5ccccc35)cc2C4)cc1. The van der Waals surface area contributed by atoms with Crippen LogP contribution in [0.5, 0.6) is 0 Å². The number of hydrogen-bond acceptors (Lipinski definition) is 0. The molecule has 1 aliphatic rings. The minimum Gasteiger partial charge on any atom is -0.309 e. The molecule has 0 spiro atoms. The topological polar surface area (TPSA) is 4.93 Å². The zero-order valence-electron chi connectivity index (χ0n) is 27.4. The third-order valence-corrected chi connectivity index (χ3v) is 10.9. The number of hydrogen-bond donors (Lipinski definition) is 0. The van der Waals surface area contributed by atoms with Crippen molar-refractivity contribution in [2.24, 2.45) is 0 Å².